The van der Waals surface area contributed by atoms with Gasteiger partial charge in [0.1, 0.15) is 49.1 Å². The van der Waals surface area contributed by atoms with E-state index < -0.39 is 159 Å². The maximum Gasteiger partial charge on any atom is 0.305 e. The number of carbonyl (C=O) groups excluding carboxylic acids is 7. The molecule has 23 nitrogen and oxygen atoms in total. The van der Waals surface area contributed by atoms with E-state index in [2.05, 4.69) is 21.3 Å². The first-order valence-corrected chi connectivity index (χ1v) is 15.9. The quantitative estimate of drug-likeness (QED) is 0.0488. The van der Waals surface area contributed by atoms with E-state index in [1.807, 2.05) is 10.6 Å². The Hall–Kier alpha value is -5.49. The molecule has 0 bridgehead atoms. The van der Waals surface area contributed by atoms with Crippen molar-refractivity contribution in [3.05, 3.63) is 0 Å². The molecule has 1 saturated heterocycles. The monoisotopic (exact) mass is 764 g/mol. The Kier molecular flexibility index (Phi) is 18.2. The topological polar surface area (TPSA) is 379 Å². The minimum absolute atomic E-state index is 0.488. The van der Waals surface area contributed by atoms with Crippen LogP contribution >= 0.6 is 0 Å². The molecule has 7 amide bonds. The van der Waals surface area contributed by atoms with Gasteiger partial charge in [-0.1, -0.05) is 13.8 Å². The first kappa shape index (κ1) is 45.5. The number of amides is 7. The van der Waals surface area contributed by atoms with Crippen molar-refractivity contribution in [2.24, 2.45) is 11.7 Å². The average Bonchev–Trinajstić information content (AvgIpc) is 3.36. The van der Waals surface area contributed by atoms with Crippen LogP contribution in [0.2, 0.25) is 0 Å². The Bertz CT molecular complexity index is 1410. The Morgan fingerprint density at radius 1 is 0.660 bits per heavy atom. The third-order valence-electron chi connectivity index (χ3n) is 7.51. The summed E-state index contributed by atoms with van der Waals surface area (Å²) in [5.41, 5.74) is 5.10. The van der Waals surface area contributed by atoms with Gasteiger partial charge in [-0.15, -0.1) is 0 Å². The number of hydrogen-bond acceptors (Lipinski definition) is 13. The SMILES string of the molecule is CC(C)[C@H](NC(=O)[C@H](CCC(=O)O)NC(=O)[C@H](CC(=O)O)NC(=O)C1OC(C(=O)NCC[18F])C(O)C1O)C(=O)N[C@@H](CC(=O)O)C(=O)N[C@H](C)C(N)=O. The first-order chi connectivity index (χ1) is 24.6. The number of alkyl halides is 1. The molecule has 0 aromatic carbocycles. The fourth-order valence-electron chi connectivity index (χ4n) is 4.65. The Balaban J connectivity index is 3.24. The van der Waals surface area contributed by atoms with E-state index in [0.29, 0.717) is 0 Å². The van der Waals surface area contributed by atoms with Crippen LogP contribution in [0.3, 0.4) is 0 Å². The molecule has 1 heterocycles. The summed E-state index contributed by atoms with van der Waals surface area (Å²) in [6.07, 6.45) is -11.5. The zero-order chi connectivity index (χ0) is 40.7. The summed E-state index contributed by atoms with van der Waals surface area (Å²) in [4.78, 5) is 123. The van der Waals surface area contributed by atoms with Gasteiger partial charge in [0.2, 0.25) is 29.5 Å². The van der Waals surface area contributed by atoms with Crippen molar-refractivity contribution in [1.82, 2.24) is 31.9 Å². The van der Waals surface area contributed by atoms with E-state index in [0.717, 1.165) is 0 Å². The highest BCUT2D eigenvalue weighted by Gasteiger charge is 2.50. The van der Waals surface area contributed by atoms with E-state index in [1.165, 1.54) is 20.8 Å². The Labute approximate surface area is 299 Å². The molecule has 1 rings (SSSR count). The van der Waals surface area contributed by atoms with E-state index in [-0.39, 0.29) is 0 Å². The number of aliphatic hydroxyl groups excluding tert-OH is 2. The smallest absolute Gasteiger partial charge is 0.305 e. The van der Waals surface area contributed by atoms with Crippen LogP contribution in [0.5, 0.6) is 0 Å². The number of nitrogens with two attached hydrogens (primary N) is 1. The number of carboxylic acid groups (broad SMARTS) is 3. The summed E-state index contributed by atoms with van der Waals surface area (Å²) in [5.74, 6) is -13.7. The number of hydrogen-bond donors (Lipinski definition) is 12. The van der Waals surface area contributed by atoms with E-state index >= 15 is 0 Å². The molecule has 1 aliphatic rings. The minimum atomic E-state index is -2.08. The predicted octanol–water partition coefficient (Wildman–Crippen LogP) is -6.04. The molecule has 24 heteroatoms. The lowest BCUT2D eigenvalue weighted by atomic mass is 10.0. The highest BCUT2D eigenvalue weighted by molar-refractivity contribution is 5.98. The van der Waals surface area contributed by atoms with Crippen LogP contribution in [0.4, 0.5) is 4.39 Å². The largest absolute Gasteiger partial charge is 0.481 e. The molecule has 0 aliphatic carbocycles. The van der Waals surface area contributed by atoms with Gasteiger partial charge >= 0.3 is 17.9 Å². The van der Waals surface area contributed by atoms with Crippen LogP contribution in [0.1, 0.15) is 46.5 Å². The predicted molar refractivity (Wildman–Crippen MR) is 170 cm³/mol. The highest BCUT2D eigenvalue weighted by Crippen LogP contribution is 2.22. The van der Waals surface area contributed by atoms with Crippen LogP contribution < -0.4 is 37.6 Å². The van der Waals surface area contributed by atoms with Crippen molar-refractivity contribution in [3.63, 3.8) is 0 Å². The molecule has 1 aliphatic heterocycles. The number of aliphatic carboxylic acids is 3. The molecule has 4 unspecified atom stereocenters. The zero-order valence-corrected chi connectivity index (χ0v) is 28.7. The van der Waals surface area contributed by atoms with Gasteiger partial charge in [-0.3, -0.25) is 47.9 Å². The second-order valence-corrected chi connectivity index (χ2v) is 12.1. The average molecular weight is 765 g/mol. The molecule has 0 aromatic rings. The van der Waals surface area contributed by atoms with Gasteiger partial charge in [0.15, 0.2) is 12.2 Å². The maximum absolute atomic E-state index is 13.4. The van der Waals surface area contributed by atoms with Crippen LogP contribution in [-0.4, -0.2) is 153 Å². The normalized spacial score (nSPS) is 20.7. The Morgan fingerprint density at radius 2 is 1.13 bits per heavy atom. The molecular formula is C29H44FN7O16. The lowest BCUT2D eigenvalue weighted by Crippen LogP contribution is -2.60. The van der Waals surface area contributed by atoms with E-state index in [1.54, 1.807) is 0 Å². The van der Waals surface area contributed by atoms with Crippen LogP contribution in [0.25, 0.3) is 0 Å². The summed E-state index contributed by atoms with van der Waals surface area (Å²) in [6.45, 7) is 2.55. The van der Waals surface area contributed by atoms with Crippen molar-refractivity contribution in [2.45, 2.75) is 101 Å². The van der Waals surface area contributed by atoms with Crippen molar-refractivity contribution in [1.29, 1.82) is 0 Å². The van der Waals surface area contributed by atoms with Crippen molar-refractivity contribution >= 4 is 59.3 Å². The third kappa shape index (κ3) is 14.6. The fraction of sp³-hybridized carbons (Fsp3) is 0.655. The van der Waals surface area contributed by atoms with Crippen molar-refractivity contribution in [2.75, 3.05) is 13.2 Å². The van der Waals surface area contributed by atoms with Gasteiger partial charge in [-0.05, 0) is 19.3 Å². The van der Waals surface area contributed by atoms with Crippen molar-refractivity contribution < 1.29 is 82.6 Å². The number of nitrogens with one attached hydrogen (secondary N) is 6. The summed E-state index contributed by atoms with van der Waals surface area (Å²) in [7, 11) is 0. The van der Waals surface area contributed by atoms with E-state index in [9.17, 15) is 77.9 Å². The minimum Gasteiger partial charge on any atom is -0.481 e. The number of primary amides is 1. The molecule has 298 valence electrons. The number of carbonyl (C=O) groups is 10. The number of aliphatic hydroxyl groups is 2. The standard InChI is InChI=1S/C29H44FN7O16/c1-10(2)18(27(50)35-13(8-16(40)41)25(48)33-11(3)23(31)46)37-24(47)12(4-5-15(38)39)34-26(49)14(9-17(42)43)36-29(52)22-20(45)19(44)21(53-22)28(51)32-7-6-30/h10-14,18-22,44-45H,4-9H2,1-3H3,(H2,31,46)(H,32,51)(H,33,48)(H,34,49)(H,35,50)(H,36,52)(H,37,47)(H,38,39)(H,40,41)(H,42,43)/t11-,12+,13+,14+,18+,19?,20?,21?,22?/m1/s1/i30-1. The highest BCUT2D eigenvalue weighted by atomic mass is 18.2. The molecule has 0 saturated carbocycles. The fourth-order valence-corrected chi connectivity index (χ4v) is 4.65. The van der Waals surface area contributed by atoms with Crippen LogP contribution in [-0.2, 0) is 52.7 Å². The number of halogens is 1. The number of carboxylic acids is 3. The number of rotatable bonds is 22. The van der Waals surface area contributed by atoms with Gasteiger partial charge in [-0.2, -0.15) is 0 Å². The molecule has 53 heavy (non-hydrogen) atoms. The van der Waals surface area contributed by atoms with Gasteiger partial charge in [0.25, 0.3) is 11.8 Å². The molecule has 0 radical (unpaired) electrons. The maximum atomic E-state index is 13.4. The molecular weight excluding hydrogens is 720 g/mol. The van der Waals surface area contributed by atoms with Gasteiger partial charge in [-0.25, -0.2) is 4.39 Å². The summed E-state index contributed by atoms with van der Waals surface area (Å²) in [6, 6.07) is -8.47. The molecule has 0 aromatic heterocycles. The second-order valence-electron chi connectivity index (χ2n) is 12.1. The third-order valence-corrected chi connectivity index (χ3v) is 7.51. The second kappa shape index (κ2) is 21.1. The lowest BCUT2D eigenvalue weighted by Gasteiger charge is -2.28. The van der Waals surface area contributed by atoms with Gasteiger partial charge in [0.05, 0.1) is 12.8 Å². The zero-order valence-electron chi connectivity index (χ0n) is 28.7. The first-order valence-electron chi connectivity index (χ1n) is 15.9. The summed E-state index contributed by atoms with van der Waals surface area (Å²) >= 11 is 0. The molecule has 9 atom stereocenters. The molecule has 1 fully saturated rings. The summed E-state index contributed by atoms with van der Waals surface area (Å²) < 4.78 is 17.5. The Morgan fingerprint density at radius 3 is 1.60 bits per heavy atom. The van der Waals surface area contributed by atoms with Gasteiger partial charge < -0.3 is 67.9 Å². The number of ether oxygens (including phenoxy) is 1. The van der Waals surface area contributed by atoms with E-state index in [4.69, 9.17) is 10.5 Å². The summed E-state index contributed by atoms with van der Waals surface area (Å²) in [5, 5.41) is 60.9. The van der Waals surface area contributed by atoms with Crippen LogP contribution in [0.15, 0.2) is 0 Å². The van der Waals surface area contributed by atoms with Crippen molar-refractivity contribution in [3.8, 4) is 0 Å². The van der Waals surface area contributed by atoms with Gasteiger partial charge in [0, 0.05) is 13.0 Å². The molecule has 0 spiro atoms. The molecule has 13 N–H and O–H groups in total. The lowest BCUT2D eigenvalue weighted by molar-refractivity contribution is -0.145. The van der Waals surface area contributed by atoms with Crippen LogP contribution in [0, 0.1) is 5.92 Å².